The van der Waals surface area contributed by atoms with E-state index in [4.69, 9.17) is 5.73 Å². The first-order chi connectivity index (χ1) is 10.3. The highest BCUT2D eigenvalue weighted by Crippen LogP contribution is 2.42. The summed E-state index contributed by atoms with van der Waals surface area (Å²) in [5.74, 6) is 0.922. The molecule has 2 N–H and O–H groups in total. The van der Waals surface area contributed by atoms with Crippen molar-refractivity contribution in [1.29, 1.82) is 0 Å². The highest BCUT2D eigenvalue weighted by Gasteiger charge is 2.35. The van der Waals surface area contributed by atoms with Crippen LogP contribution in [0.2, 0.25) is 0 Å². The zero-order valence-electron chi connectivity index (χ0n) is 12.3. The number of hydrogen-bond acceptors (Lipinski definition) is 2. The molecular formula is C19H22N2. The Balaban J connectivity index is 1.66. The van der Waals surface area contributed by atoms with Crippen LogP contribution in [0.15, 0.2) is 42.6 Å². The number of aromatic nitrogens is 1. The third-order valence-electron chi connectivity index (χ3n) is 5.35. The van der Waals surface area contributed by atoms with E-state index in [0.29, 0.717) is 11.8 Å². The number of rotatable bonds is 2. The van der Waals surface area contributed by atoms with Crippen LogP contribution in [0.3, 0.4) is 0 Å². The van der Waals surface area contributed by atoms with Gasteiger partial charge in [-0.3, -0.25) is 4.98 Å². The topological polar surface area (TPSA) is 38.9 Å². The van der Waals surface area contributed by atoms with E-state index in [9.17, 15) is 0 Å². The third-order valence-corrected chi connectivity index (χ3v) is 5.35. The van der Waals surface area contributed by atoms with Crippen molar-refractivity contribution < 1.29 is 0 Å². The second kappa shape index (κ2) is 5.27. The molecule has 2 aliphatic rings. The van der Waals surface area contributed by atoms with Gasteiger partial charge in [-0.2, -0.15) is 0 Å². The van der Waals surface area contributed by atoms with E-state index < -0.39 is 0 Å². The van der Waals surface area contributed by atoms with Crippen LogP contribution in [0.4, 0.5) is 0 Å². The van der Waals surface area contributed by atoms with Gasteiger partial charge in [0.1, 0.15) is 0 Å². The summed E-state index contributed by atoms with van der Waals surface area (Å²) in [5.41, 5.74) is 12.4. The van der Waals surface area contributed by atoms with E-state index in [2.05, 4.69) is 41.4 Å². The Morgan fingerprint density at radius 1 is 0.952 bits per heavy atom. The van der Waals surface area contributed by atoms with Crippen LogP contribution in [0.1, 0.15) is 53.5 Å². The van der Waals surface area contributed by atoms with Crippen LogP contribution >= 0.6 is 0 Å². The highest BCUT2D eigenvalue weighted by atomic mass is 14.8. The van der Waals surface area contributed by atoms with Crippen molar-refractivity contribution in [2.24, 2.45) is 5.73 Å². The van der Waals surface area contributed by atoms with Crippen molar-refractivity contribution >= 4 is 0 Å². The lowest BCUT2D eigenvalue weighted by molar-refractivity contribution is 0.396. The molecule has 1 heterocycles. The number of hydrogen-bond donors (Lipinski definition) is 1. The summed E-state index contributed by atoms with van der Waals surface area (Å²) in [4.78, 5) is 4.67. The van der Waals surface area contributed by atoms with E-state index >= 15 is 0 Å². The Morgan fingerprint density at radius 3 is 2.76 bits per heavy atom. The molecule has 1 aromatic carbocycles. The minimum absolute atomic E-state index is 0.197. The summed E-state index contributed by atoms with van der Waals surface area (Å²) in [5, 5.41) is 0. The van der Waals surface area contributed by atoms with E-state index in [-0.39, 0.29) is 6.04 Å². The van der Waals surface area contributed by atoms with Gasteiger partial charge in [0.15, 0.2) is 0 Å². The SMILES string of the molecule is NC(C1CCc2ccccc21)C1CCCc2cccnc21. The van der Waals surface area contributed by atoms with Gasteiger partial charge in [-0.25, -0.2) is 0 Å². The zero-order chi connectivity index (χ0) is 14.2. The lowest BCUT2D eigenvalue weighted by Crippen LogP contribution is -2.36. The maximum Gasteiger partial charge on any atom is 0.0482 e. The fraction of sp³-hybridized carbons (Fsp3) is 0.421. The third kappa shape index (κ3) is 2.18. The zero-order valence-corrected chi connectivity index (χ0v) is 12.3. The predicted octanol–water partition coefficient (Wildman–Crippen LogP) is 3.56. The summed E-state index contributed by atoms with van der Waals surface area (Å²) in [6.45, 7) is 0. The Morgan fingerprint density at radius 2 is 1.81 bits per heavy atom. The Hall–Kier alpha value is -1.67. The maximum atomic E-state index is 6.74. The monoisotopic (exact) mass is 278 g/mol. The smallest absolute Gasteiger partial charge is 0.0482 e. The van der Waals surface area contributed by atoms with Crippen molar-refractivity contribution in [3.63, 3.8) is 0 Å². The van der Waals surface area contributed by atoms with Crippen molar-refractivity contribution in [2.45, 2.75) is 50.0 Å². The van der Waals surface area contributed by atoms with Gasteiger partial charge in [-0.15, -0.1) is 0 Å². The molecular weight excluding hydrogens is 256 g/mol. The van der Waals surface area contributed by atoms with Crippen LogP contribution in [0, 0.1) is 0 Å². The average Bonchev–Trinajstić information content (AvgIpc) is 2.98. The molecule has 1 aromatic heterocycles. The molecule has 0 fully saturated rings. The Labute approximate surface area is 126 Å². The van der Waals surface area contributed by atoms with Gasteiger partial charge < -0.3 is 5.73 Å². The van der Waals surface area contributed by atoms with Crippen molar-refractivity contribution in [3.05, 3.63) is 65.0 Å². The fourth-order valence-electron chi connectivity index (χ4n) is 4.29. The average molecular weight is 278 g/mol. The van der Waals surface area contributed by atoms with Gasteiger partial charge in [0.2, 0.25) is 0 Å². The molecule has 0 saturated carbocycles. The van der Waals surface area contributed by atoms with Crippen LogP contribution in [-0.4, -0.2) is 11.0 Å². The molecule has 0 bridgehead atoms. The predicted molar refractivity (Wildman–Crippen MR) is 85.4 cm³/mol. The van der Waals surface area contributed by atoms with Gasteiger partial charge in [-0.05, 0) is 54.9 Å². The second-order valence-electron chi connectivity index (χ2n) is 6.47. The number of nitrogens with two attached hydrogens (primary N) is 1. The lowest BCUT2D eigenvalue weighted by Gasteiger charge is -2.33. The summed E-state index contributed by atoms with van der Waals surface area (Å²) in [7, 11) is 0. The second-order valence-corrected chi connectivity index (χ2v) is 6.47. The molecule has 0 radical (unpaired) electrons. The van der Waals surface area contributed by atoms with Gasteiger partial charge in [-0.1, -0.05) is 30.3 Å². The molecule has 0 aliphatic heterocycles. The maximum absolute atomic E-state index is 6.74. The molecule has 21 heavy (non-hydrogen) atoms. The Bertz CT molecular complexity index is 650. The van der Waals surface area contributed by atoms with E-state index in [1.54, 1.807) is 0 Å². The quantitative estimate of drug-likeness (QED) is 0.912. The number of fused-ring (bicyclic) bond motifs is 2. The highest BCUT2D eigenvalue weighted by molar-refractivity contribution is 5.38. The first-order valence-corrected chi connectivity index (χ1v) is 8.12. The fourth-order valence-corrected chi connectivity index (χ4v) is 4.29. The molecule has 2 aliphatic carbocycles. The lowest BCUT2D eigenvalue weighted by atomic mass is 9.76. The summed E-state index contributed by atoms with van der Waals surface area (Å²) in [6.07, 6.45) is 7.88. The van der Waals surface area contributed by atoms with E-state index in [1.807, 2.05) is 6.20 Å². The molecule has 0 amide bonds. The standard InChI is InChI=1S/C19H22N2/c20-18(16-11-10-13-5-1-2-8-15(13)16)17-9-3-6-14-7-4-12-21-19(14)17/h1-2,4-5,7-8,12,16-18H,3,6,9-11,20H2. The van der Waals surface area contributed by atoms with Crippen LogP contribution < -0.4 is 5.73 Å². The van der Waals surface area contributed by atoms with Crippen LogP contribution in [0.25, 0.3) is 0 Å². The van der Waals surface area contributed by atoms with E-state index in [0.717, 1.165) is 6.42 Å². The molecule has 2 nitrogen and oxygen atoms in total. The van der Waals surface area contributed by atoms with Gasteiger partial charge in [0, 0.05) is 29.8 Å². The normalized spacial score (nSPS) is 25.2. The van der Waals surface area contributed by atoms with Gasteiger partial charge >= 0.3 is 0 Å². The number of pyridine rings is 1. The minimum Gasteiger partial charge on any atom is -0.327 e. The van der Waals surface area contributed by atoms with Gasteiger partial charge in [0.05, 0.1) is 0 Å². The number of benzene rings is 1. The molecule has 3 unspecified atom stereocenters. The number of aryl methyl sites for hydroxylation is 2. The van der Waals surface area contributed by atoms with Crippen LogP contribution in [0.5, 0.6) is 0 Å². The van der Waals surface area contributed by atoms with Gasteiger partial charge in [0.25, 0.3) is 0 Å². The van der Waals surface area contributed by atoms with Crippen molar-refractivity contribution in [2.75, 3.05) is 0 Å². The van der Waals surface area contributed by atoms with Crippen molar-refractivity contribution in [1.82, 2.24) is 4.98 Å². The summed E-state index contributed by atoms with van der Waals surface area (Å²) in [6, 6.07) is 13.3. The molecule has 0 saturated heterocycles. The minimum atomic E-state index is 0.197. The largest absolute Gasteiger partial charge is 0.327 e. The molecule has 2 heteroatoms. The summed E-state index contributed by atoms with van der Waals surface area (Å²) >= 11 is 0. The van der Waals surface area contributed by atoms with Crippen LogP contribution in [-0.2, 0) is 12.8 Å². The first kappa shape index (κ1) is 13.0. The number of nitrogens with zero attached hydrogens (tertiary/aromatic N) is 1. The molecule has 4 rings (SSSR count). The van der Waals surface area contributed by atoms with E-state index in [1.165, 1.54) is 48.1 Å². The summed E-state index contributed by atoms with van der Waals surface area (Å²) < 4.78 is 0. The first-order valence-electron chi connectivity index (χ1n) is 8.12. The van der Waals surface area contributed by atoms with Crippen molar-refractivity contribution in [3.8, 4) is 0 Å². The Kier molecular flexibility index (Phi) is 3.27. The molecule has 3 atom stereocenters. The molecule has 0 spiro atoms. The molecule has 2 aromatic rings. The molecule has 108 valence electrons.